The number of aromatic hydroxyl groups is 1. The summed E-state index contributed by atoms with van der Waals surface area (Å²) in [4.78, 5) is 24.1. The average Bonchev–Trinajstić information content (AvgIpc) is 2.75. The van der Waals surface area contributed by atoms with E-state index in [1.54, 1.807) is 42.5 Å². The SMILES string of the molecule is C#CCOc1ccc(/C=C\C(=O)CC(=O)/C=C\c2ccc(O)c(OC)c2)cc1OC. The van der Waals surface area contributed by atoms with Crippen LogP contribution in [0.3, 0.4) is 0 Å². The molecule has 0 atom stereocenters. The van der Waals surface area contributed by atoms with E-state index in [2.05, 4.69) is 5.92 Å². The first kappa shape index (κ1) is 22.3. The highest BCUT2D eigenvalue weighted by molar-refractivity contribution is 6.10. The summed E-state index contributed by atoms with van der Waals surface area (Å²) in [5, 5.41) is 9.58. The highest BCUT2D eigenvalue weighted by atomic mass is 16.5. The first-order valence-electron chi connectivity index (χ1n) is 9.00. The molecular weight excluding hydrogens is 384 g/mol. The lowest BCUT2D eigenvalue weighted by atomic mass is 10.1. The highest BCUT2D eigenvalue weighted by Gasteiger charge is 2.07. The van der Waals surface area contributed by atoms with E-state index in [-0.39, 0.29) is 30.3 Å². The summed E-state index contributed by atoms with van der Waals surface area (Å²) in [6.07, 6.45) is 10.7. The van der Waals surface area contributed by atoms with E-state index in [1.807, 2.05) is 0 Å². The number of methoxy groups -OCH3 is 2. The van der Waals surface area contributed by atoms with Gasteiger partial charge in [0.05, 0.1) is 20.6 Å². The molecule has 2 aromatic carbocycles. The summed E-state index contributed by atoms with van der Waals surface area (Å²) >= 11 is 0. The second-order valence-electron chi connectivity index (χ2n) is 6.11. The Labute approximate surface area is 175 Å². The molecule has 0 unspecified atom stereocenters. The molecule has 0 aliphatic rings. The van der Waals surface area contributed by atoms with Gasteiger partial charge in [0.1, 0.15) is 6.61 Å². The Morgan fingerprint density at radius 3 is 2.07 bits per heavy atom. The zero-order chi connectivity index (χ0) is 21.9. The fraction of sp³-hybridized carbons (Fsp3) is 0.167. The second kappa shape index (κ2) is 11.1. The summed E-state index contributed by atoms with van der Waals surface area (Å²) in [7, 11) is 2.94. The van der Waals surface area contributed by atoms with Gasteiger partial charge in [0.15, 0.2) is 34.6 Å². The lowest BCUT2D eigenvalue weighted by molar-refractivity contribution is -0.121. The predicted molar refractivity (Wildman–Crippen MR) is 115 cm³/mol. The molecule has 154 valence electrons. The van der Waals surface area contributed by atoms with Gasteiger partial charge in [0.25, 0.3) is 0 Å². The van der Waals surface area contributed by atoms with Crippen molar-refractivity contribution < 1.29 is 28.9 Å². The lowest BCUT2D eigenvalue weighted by Gasteiger charge is -2.09. The molecule has 2 rings (SSSR count). The molecular formula is C24H22O6. The Kier molecular flexibility index (Phi) is 8.27. The molecule has 0 amide bonds. The fourth-order valence-corrected chi connectivity index (χ4v) is 2.49. The van der Waals surface area contributed by atoms with Gasteiger partial charge in [-0.25, -0.2) is 0 Å². The zero-order valence-electron chi connectivity index (χ0n) is 16.8. The van der Waals surface area contributed by atoms with Gasteiger partial charge in [-0.3, -0.25) is 9.59 Å². The minimum atomic E-state index is -0.340. The molecule has 6 nitrogen and oxygen atoms in total. The third kappa shape index (κ3) is 6.57. The van der Waals surface area contributed by atoms with Crippen molar-refractivity contribution in [3.05, 3.63) is 59.7 Å². The smallest absolute Gasteiger partial charge is 0.163 e. The first-order valence-corrected chi connectivity index (χ1v) is 9.00. The van der Waals surface area contributed by atoms with Crippen LogP contribution < -0.4 is 14.2 Å². The topological polar surface area (TPSA) is 82.1 Å². The van der Waals surface area contributed by atoms with Crippen molar-refractivity contribution >= 4 is 23.7 Å². The van der Waals surface area contributed by atoms with E-state index < -0.39 is 0 Å². The van der Waals surface area contributed by atoms with Crippen LogP contribution in [0.2, 0.25) is 0 Å². The molecule has 0 aliphatic carbocycles. The number of ether oxygens (including phenoxy) is 3. The number of benzene rings is 2. The van der Waals surface area contributed by atoms with Crippen LogP contribution >= 0.6 is 0 Å². The van der Waals surface area contributed by atoms with Crippen molar-refractivity contribution in [3.63, 3.8) is 0 Å². The van der Waals surface area contributed by atoms with E-state index in [0.717, 1.165) is 0 Å². The molecule has 0 saturated carbocycles. The Morgan fingerprint density at radius 2 is 1.50 bits per heavy atom. The quantitative estimate of drug-likeness (QED) is 0.368. The zero-order valence-corrected chi connectivity index (χ0v) is 16.8. The number of rotatable bonds is 10. The van der Waals surface area contributed by atoms with Crippen LogP contribution in [0.25, 0.3) is 12.2 Å². The summed E-state index contributed by atoms with van der Waals surface area (Å²) in [6.45, 7) is 0.122. The minimum absolute atomic E-state index is 0.00793. The number of hydrogen-bond donors (Lipinski definition) is 1. The number of terminal acetylenes is 1. The number of ketones is 2. The predicted octanol–water partition coefficient (Wildman–Crippen LogP) is 3.68. The monoisotopic (exact) mass is 406 g/mol. The number of allylic oxidation sites excluding steroid dienone is 2. The van der Waals surface area contributed by atoms with Crippen LogP contribution in [-0.2, 0) is 9.59 Å². The van der Waals surface area contributed by atoms with Crippen LogP contribution in [0.5, 0.6) is 23.0 Å². The molecule has 0 heterocycles. The van der Waals surface area contributed by atoms with Gasteiger partial charge in [-0.2, -0.15) is 0 Å². The van der Waals surface area contributed by atoms with E-state index in [0.29, 0.717) is 28.4 Å². The number of hydrogen-bond acceptors (Lipinski definition) is 6. The van der Waals surface area contributed by atoms with Crippen molar-refractivity contribution in [2.24, 2.45) is 0 Å². The Morgan fingerprint density at radius 1 is 0.933 bits per heavy atom. The van der Waals surface area contributed by atoms with Crippen LogP contribution in [0.1, 0.15) is 17.5 Å². The van der Waals surface area contributed by atoms with Crippen molar-refractivity contribution in [2.45, 2.75) is 6.42 Å². The van der Waals surface area contributed by atoms with Crippen molar-refractivity contribution in [3.8, 4) is 35.3 Å². The standard InChI is InChI=1S/C24H22O6/c1-4-13-30-22-12-8-18(15-24(22)29-3)6-10-20(26)16-19(25)9-5-17-7-11-21(27)23(14-17)28-2/h1,5-12,14-15,27H,13,16H2,2-3H3/b9-5-,10-6-. The second-order valence-corrected chi connectivity index (χ2v) is 6.11. The Bertz CT molecular complexity index is 1010. The first-order chi connectivity index (χ1) is 14.5. The molecule has 0 radical (unpaired) electrons. The van der Waals surface area contributed by atoms with Crippen LogP contribution in [-0.4, -0.2) is 37.5 Å². The van der Waals surface area contributed by atoms with Crippen molar-refractivity contribution in [1.29, 1.82) is 0 Å². The molecule has 30 heavy (non-hydrogen) atoms. The molecule has 6 heteroatoms. The molecule has 2 aromatic rings. The van der Waals surface area contributed by atoms with Crippen LogP contribution in [0.4, 0.5) is 0 Å². The summed E-state index contributed by atoms with van der Waals surface area (Å²) in [5.74, 6) is 3.01. The minimum Gasteiger partial charge on any atom is -0.504 e. The number of carbonyl (C=O) groups excluding carboxylic acids is 2. The van der Waals surface area contributed by atoms with Crippen LogP contribution in [0, 0.1) is 12.3 Å². The Hall–Kier alpha value is -3.98. The van der Waals surface area contributed by atoms with Gasteiger partial charge in [0.2, 0.25) is 0 Å². The normalized spacial score (nSPS) is 10.7. The third-order valence-electron chi connectivity index (χ3n) is 3.97. The maximum absolute atomic E-state index is 12.1. The molecule has 0 aromatic heterocycles. The number of carbonyl (C=O) groups is 2. The van der Waals surface area contributed by atoms with E-state index in [4.69, 9.17) is 20.6 Å². The van der Waals surface area contributed by atoms with Gasteiger partial charge in [0, 0.05) is 0 Å². The van der Waals surface area contributed by atoms with Gasteiger partial charge in [-0.05, 0) is 47.5 Å². The molecule has 0 fully saturated rings. The van der Waals surface area contributed by atoms with Crippen molar-refractivity contribution in [1.82, 2.24) is 0 Å². The third-order valence-corrected chi connectivity index (χ3v) is 3.97. The molecule has 0 spiro atoms. The van der Waals surface area contributed by atoms with Crippen LogP contribution in [0.15, 0.2) is 48.6 Å². The van der Waals surface area contributed by atoms with Gasteiger partial charge >= 0.3 is 0 Å². The average molecular weight is 406 g/mol. The number of phenolic OH excluding ortho intramolecular Hbond substituents is 1. The molecule has 0 aliphatic heterocycles. The van der Waals surface area contributed by atoms with Gasteiger partial charge in [-0.15, -0.1) is 6.42 Å². The highest BCUT2D eigenvalue weighted by Crippen LogP contribution is 2.28. The fourth-order valence-electron chi connectivity index (χ4n) is 2.49. The summed E-state index contributed by atoms with van der Waals surface area (Å²) in [5.41, 5.74) is 1.38. The maximum Gasteiger partial charge on any atom is 0.163 e. The summed E-state index contributed by atoms with van der Waals surface area (Å²) in [6, 6.07) is 9.83. The van der Waals surface area contributed by atoms with Gasteiger partial charge < -0.3 is 19.3 Å². The Balaban J connectivity index is 1.97. The van der Waals surface area contributed by atoms with Gasteiger partial charge in [-0.1, -0.05) is 30.2 Å². The van der Waals surface area contributed by atoms with E-state index in [1.165, 1.54) is 32.4 Å². The number of phenols is 1. The maximum atomic E-state index is 12.1. The molecule has 0 saturated heterocycles. The van der Waals surface area contributed by atoms with E-state index >= 15 is 0 Å². The summed E-state index contributed by atoms with van der Waals surface area (Å²) < 4.78 is 15.6. The largest absolute Gasteiger partial charge is 0.504 e. The molecule has 1 N–H and O–H groups in total. The lowest BCUT2D eigenvalue weighted by Crippen LogP contribution is -2.02. The van der Waals surface area contributed by atoms with E-state index in [9.17, 15) is 14.7 Å². The molecule has 0 bridgehead atoms. The van der Waals surface area contributed by atoms with Crippen molar-refractivity contribution in [2.75, 3.05) is 20.8 Å².